The van der Waals surface area contributed by atoms with Gasteiger partial charge < -0.3 is 10.2 Å². The highest BCUT2D eigenvalue weighted by Crippen LogP contribution is 2.43. The second-order valence-electron chi connectivity index (χ2n) is 6.72. The predicted octanol–water partition coefficient (Wildman–Crippen LogP) is 2.63. The van der Waals surface area contributed by atoms with Gasteiger partial charge in [0.25, 0.3) is 0 Å². The molecule has 3 heterocycles. The highest BCUT2D eigenvalue weighted by molar-refractivity contribution is 5.47. The zero-order valence-electron chi connectivity index (χ0n) is 11.9. The molecule has 4 rings (SSSR count). The molecule has 2 saturated heterocycles. The van der Waals surface area contributed by atoms with Crippen molar-refractivity contribution in [3.8, 4) is 0 Å². The van der Waals surface area contributed by atoms with Crippen LogP contribution in [0.1, 0.15) is 56.2 Å². The molecule has 3 nitrogen and oxygen atoms in total. The van der Waals surface area contributed by atoms with Gasteiger partial charge in [0.1, 0.15) is 5.82 Å². The Morgan fingerprint density at radius 1 is 1.32 bits per heavy atom. The normalized spacial score (nSPS) is 29.5. The molecule has 0 unspecified atom stereocenters. The van der Waals surface area contributed by atoms with Crippen molar-refractivity contribution in [2.24, 2.45) is 0 Å². The van der Waals surface area contributed by atoms with E-state index in [1.165, 1.54) is 36.3 Å². The molecule has 2 aliphatic heterocycles. The van der Waals surface area contributed by atoms with E-state index in [1.54, 1.807) is 0 Å². The topological polar surface area (TPSA) is 28.2 Å². The number of nitrogens with one attached hydrogen (secondary N) is 1. The minimum absolute atomic E-state index is 0.592. The molecule has 19 heavy (non-hydrogen) atoms. The summed E-state index contributed by atoms with van der Waals surface area (Å²) in [5.74, 6) is 2.56. The summed E-state index contributed by atoms with van der Waals surface area (Å²) in [7, 11) is 0. The second kappa shape index (κ2) is 4.20. The van der Waals surface area contributed by atoms with Crippen LogP contribution in [0.25, 0.3) is 0 Å². The van der Waals surface area contributed by atoms with Crippen molar-refractivity contribution in [3.63, 3.8) is 0 Å². The molecule has 2 atom stereocenters. The van der Waals surface area contributed by atoms with Gasteiger partial charge in [0.15, 0.2) is 0 Å². The molecule has 3 heteroatoms. The van der Waals surface area contributed by atoms with E-state index < -0.39 is 0 Å². The molecule has 102 valence electrons. The lowest BCUT2D eigenvalue weighted by molar-refractivity contribution is 0.575. The third kappa shape index (κ3) is 1.95. The summed E-state index contributed by atoms with van der Waals surface area (Å²) in [6.07, 6.45) is 3.97. The van der Waals surface area contributed by atoms with Crippen LogP contribution in [0.15, 0.2) is 12.1 Å². The van der Waals surface area contributed by atoms with Crippen LogP contribution in [0.2, 0.25) is 0 Å². The maximum absolute atomic E-state index is 5.05. The first kappa shape index (κ1) is 11.7. The van der Waals surface area contributed by atoms with Gasteiger partial charge in [0.05, 0.1) is 0 Å². The molecule has 1 N–H and O–H groups in total. The third-order valence-electron chi connectivity index (χ3n) is 4.88. The molecule has 1 saturated carbocycles. The summed E-state index contributed by atoms with van der Waals surface area (Å²) < 4.78 is 0. The number of rotatable bonds is 3. The first-order valence-electron chi connectivity index (χ1n) is 7.73. The third-order valence-corrected chi connectivity index (χ3v) is 4.88. The van der Waals surface area contributed by atoms with Gasteiger partial charge in [-0.25, -0.2) is 4.98 Å². The molecular formula is C16H23N3. The number of fused-ring (bicyclic) bond motifs is 2. The van der Waals surface area contributed by atoms with Gasteiger partial charge in [-0.3, -0.25) is 0 Å². The Morgan fingerprint density at radius 3 is 2.74 bits per heavy atom. The van der Waals surface area contributed by atoms with Gasteiger partial charge in [0.2, 0.25) is 0 Å². The number of aromatic nitrogens is 1. The van der Waals surface area contributed by atoms with Crippen molar-refractivity contribution in [2.75, 3.05) is 18.0 Å². The quantitative estimate of drug-likeness (QED) is 0.902. The smallest absolute Gasteiger partial charge is 0.129 e. The van der Waals surface area contributed by atoms with E-state index in [2.05, 4.69) is 36.2 Å². The molecule has 0 radical (unpaired) electrons. The highest BCUT2D eigenvalue weighted by atomic mass is 15.3. The van der Waals surface area contributed by atoms with Crippen molar-refractivity contribution in [1.82, 2.24) is 10.3 Å². The molecule has 0 spiro atoms. The Morgan fingerprint density at radius 2 is 2.16 bits per heavy atom. The van der Waals surface area contributed by atoms with E-state index in [0.717, 1.165) is 19.0 Å². The number of pyridine rings is 1. The molecule has 0 amide bonds. The van der Waals surface area contributed by atoms with E-state index in [-0.39, 0.29) is 0 Å². The number of nitrogens with zero attached hydrogens (tertiary/aromatic N) is 2. The molecular weight excluding hydrogens is 234 g/mol. The van der Waals surface area contributed by atoms with E-state index in [4.69, 9.17) is 4.98 Å². The fraction of sp³-hybridized carbons (Fsp3) is 0.688. The van der Waals surface area contributed by atoms with Crippen LogP contribution < -0.4 is 10.2 Å². The lowest BCUT2D eigenvalue weighted by Crippen LogP contribution is -2.44. The minimum Gasteiger partial charge on any atom is -0.351 e. The van der Waals surface area contributed by atoms with Gasteiger partial charge in [-0.2, -0.15) is 0 Å². The maximum atomic E-state index is 5.05. The summed E-state index contributed by atoms with van der Waals surface area (Å²) in [4.78, 5) is 7.58. The largest absolute Gasteiger partial charge is 0.351 e. The summed E-state index contributed by atoms with van der Waals surface area (Å²) >= 11 is 0. The zero-order chi connectivity index (χ0) is 13.0. The second-order valence-corrected chi connectivity index (χ2v) is 6.72. The number of hydrogen-bond acceptors (Lipinski definition) is 3. The molecule has 1 aliphatic carbocycles. The Bertz CT molecular complexity index is 493. The SMILES string of the molecule is CC(C)c1ccc(N2C[C@H]3C[C@@H]2CN3)nc1C1CC1. The van der Waals surface area contributed by atoms with Crippen LogP contribution in [0.4, 0.5) is 5.82 Å². The number of piperazine rings is 1. The average molecular weight is 257 g/mol. The summed E-state index contributed by atoms with van der Waals surface area (Å²) in [6, 6.07) is 5.96. The van der Waals surface area contributed by atoms with Crippen molar-refractivity contribution >= 4 is 5.82 Å². The lowest BCUT2D eigenvalue weighted by atomic mass is 9.99. The van der Waals surface area contributed by atoms with Gasteiger partial charge in [-0.15, -0.1) is 0 Å². The van der Waals surface area contributed by atoms with E-state index in [1.807, 2.05) is 0 Å². The molecule has 3 fully saturated rings. The van der Waals surface area contributed by atoms with Crippen LogP contribution in [0.3, 0.4) is 0 Å². The lowest BCUT2D eigenvalue weighted by Gasteiger charge is -2.29. The highest BCUT2D eigenvalue weighted by Gasteiger charge is 2.38. The van der Waals surface area contributed by atoms with Crippen molar-refractivity contribution < 1.29 is 0 Å². The monoisotopic (exact) mass is 257 g/mol. The molecule has 1 aromatic rings. The Labute approximate surface area is 115 Å². The van der Waals surface area contributed by atoms with Crippen molar-refractivity contribution in [1.29, 1.82) is 0 Å². The van der Waals surface area contributed by atoms with Crippen LogP contribution in [0.5, 0.6) is 0 Å². The maximum Gasteiger partial charge on any atom is 0.129 e. The summed E-state index contributed by atoms with van der Waals surface area (Å²) in [5.41, 5.74) is 2.86. The predicted molar refractivity (Wildman–Crippen MR) is 77.8 cm³/mol. The van der Waals surface area contributed by atoms with Gasteiger partial charge in [-0.1, -0.05) is 19.9 Å². The standard InChI is InChI=1S/C16H23N3/c1-10(2)14-5-6-15(18-16(14)11-3-4-11)19-9-12-7-13(19)8-17-12/h5-6,10-13,17H,3-4,7-9H2,1-2H3/t12-,13-/m1/s1. The zero-order valence-corrected chi connectivity index (χ0v) is 11.9. The van der Waals surface area contributed by atoms with Crippen molar-refractivity contribution in [3.05, 3.63) is 23.4 Å². The number of anilines is 1. The summed E-state index contributed by atoms with van der Waals surface area (Å²) in [5, 5.41) is 3.57. The Kier molecular flexibility index (Phi) is 2.59. The van der Waals surface area contributed by atoms with E-state index in [9.17, 15) is 0 Å². The molecule has 1 aromatic heterocycles. The fourth-order valence-electron chi connectivity index (χ4n) is 3.65. The average Bonchev–Trinajstić information content (AvgIpc) is 3.05. The minimum atomic E-state index is 0.592. The van der Waals surface area contributed by atoms with Crippen LogP contribution >= 0.6 is 0 Å². The summed E-state index contributed by atoms with van der Waals surface area (Å²) in [6.45, 7) is 6.84. The molecule has 0 aromatic carbocycles. The van der Waals surface area contributed by atoms with Gasteiger partial charge in [0, 0.05) is 36.8 Å². The Balaban J connectivity index is 1.68. The van der Waals surface area contributed by atoms with E-state index >= 15 is 0 Å². The van der Waals surface area contributed by atoms with Crippen LogP contribution in [0, 0.1) is 0 Å². The first-order chi connectivity index (χ1) is 9.22. The van der Waals surface area contributed by atoms with E-state index in [0.29, 0.717) is 18.0 Å². The number of hydrogen-bond donors (Lipinski definition) is 1. The molecule has 3 aliphatic rings. The van der Waals surface area contributed by atoms with Crippen LogP contribution in [-0.4, -0.2) is 30.2 Å². The first-order valence-corrected chi connectivity index (χ1v) is 7.73. The van der Waals surface area contributed by atoms with Gasteiger partial charge >= 0.3 is 0 Å². The van der Waals surface area contributed by atoms with Gasteiger partial charge in [-0.05, 0) is 36.8 Å². The molecule has 2 bridgehead atoms. The fourth-order valence-corrected chi connectivity index (χ4v) is 3.65. The van der Waals surface area contributed by atoms with Crippen LogP contribution in [-0.2, 0) is 0 Å². The Hall–Kier alpha value is -1.09. The van der Waals surface area contributed by atoms with Crippen molar-refractivity contribution in [2.45, 2.75) is 57.0 Å².